The first-order valence-corrected chi connectivity index (χ1v) is 10.1. The van der Waals surface area contributed by atoms with E-state index < -0.39 is 23.1 Å². The number of hydrogen-bond donors (Lipinski definition) is 1. The van der Waals surface area contributed by atoms with E-state index in [1.165, 1.54) is 24.9 Å². The fourth-order valence-corrected chi connectivity index (χ4v) is 3.85. The normalized spacial score (nSPS) is 11.7. The maximum atomic E-state index is 12.4. The Morgan fingerprint density at radius 3 is 2.73 bits per heavy atom. The first-order chi connectivity index (χ1) is 14.5. The topological polar surface area (TPSA) is 98.9 Å². The van der Waals surface area contributed by atoms with E-state index in [0.717, 1.165) is 4.90 Å². The number of nitrogens with zero attached hydrogens (tertiary/aromatic N) is 1. The van der Waals surface area contributed by atoms with E-state index >= 15 is 0 Å². The van der Waals surface area contributed by atoms with E-state index in [2.05, 4.69) is 4.98 Å². The second kappa shape index (κ2) is 9.98. The highest BCUT2D eigenvalue weighted by atomic mass is 32.2. The van der Waals surface area contributed by atoms with Crippen molar-refractivity contribution in [1.82, 2.24) is 4.98 Å². The number of carbonyl (C=O) groups excluding carboxylic acids is 1. The van der Waals surface area contributed by atoms with Crippen molar-refractivity contribution in [3.63, 3.8) is 0 Å². The number of thioether (sulfide) groups is 1. The van der Waals surface area contributed by atoms with Crippen molar-refractivity contribution in [2.24, 2.45) is 0 Å². The fraction of sp³-hybridized carbons (Fsp3) is 0.227. The molecule has 1 N–H and O–H groups in total. The molecule has 156 valence electrons. The number of ether oxygens (including phenoxy) is 2. The van der Waals surface area contributed by atoms with Gasteiger partial charge in [-0.15, -0.1) is 11.8 Å². The number of benzene rings is 1. The Balaban J connectivity index is 1.96. The Morgan fingerprint density at radius 1 is 1.23 bits per heavy atom. The highest BCUT2D eigenvalue weighted by Gasteiger charge is 2.26. The summed E-state index contributed by atoms with van der Waals surface area (Å²) in [5.41, 5.74) is 0.0431. The van der Waals surface area contributed by atoms with Gasteiger partial charge in [0.25, 0.3) is 0 Å². The molecule has 2 aromatic heterocycles. The summed E-state index contributed by atoms with van der Waals surface area (Å²) in [6.45, 7) is 0. The third kappa shape index (κ3) is 5.01. The molecule has 0 amide bonds. The Morgan fingerprint density at radius 2 is 2.03 bits per heavy atom. The van der Waals surface area contributed by atoms with Crippen LogP contribution in [0.25, 0.3) is 0 Å². The molecule has 7 nitrogen and oxygen atoms in total. The minimum Gasteiger partial charge on any atom is -0.502 e. The fourth-order valence-electron chi connectivity index (χ4n) is 2.94. The van der Waals surface area contributed by atoms with Crippen LogP contribution in [0.2, 0.25) is 0 Å². The van der Waals surface area contributed by atoms with Gasteiger partial charge in [-0.3, -0.25) is 14.6 Å². The zero-order chi connectivity index (χ0) is 21.5. The van der Waals surface area contributed by atoms with E-state index in [4.69, 9.17) is 13.9 Å². The molecule has 0 saturated heterocycles. The summed E-state index contributed by atoms with van der Waals surface area (Å²) in [7, 11) is 2.86. The lowest BCUT2D eigenvalue weighted by Gasteiger charge is -2.17. The highest BCUT2D eigenvalue weighted by Crippen LogP contribution is 2.35. The molecule has 0 spiro atoms. The molecule has 0 aliphatic rings. The van der Waals surface area contributed by atoms with Crippen LogP contribution in [0.5, 0.6) is 11.5 Å². The number of hydrogen-bond acceptors (Lipinski definition) is 8. The molecule has 8 heteroatoms. The number of pyridine rings is 1. The van der Waals surface area contributed by atoms with Crippen LogP contribution in [-0.2, 0) is 15.3 Å². The number of rotatable bonds is 8. The molecule has 0 aliphatic carbocycles. The Kier molecular flexibility index (Phi) is 7.13. The summed E-state index contributed by atoms with van der Waals surface area (Å²) in [4.78, 5) is 29.3. The lowest BCUT2D eigenvalue weighted by Crippen LogP contribution is -2.14. The van der Waals surface area contributed by atoms with E-state index in [-0.39, 0.29) is 12.2 Å². The first kappa shape index (κ1) is 21.4. The van der Waals surface area contributed by atoms with Crippen molar-refractivity contribution in [2.45, 2.75) is 23.0 Å². The van der Waals surface area contributed by atoms with E-state index in [0.29, 0.717) is 22.8 Å². The van der Waals surface area contributed by atoms with Gasteiger partial charge in [0, 0.05) is 23.4 Å². The van der Waals surface area contributed by atoms with Crippen LogP contribution in [0.3, 0.4) is 0 Å². The Labute approximate surface area is 177 Å². The molecule has 30 heavy (non-hydrogen) atoms. The lowest BCUT2D eigenvalue weighted by molar-refractivity contribution is -0.140. The second-order valence-electron chi connectivity index (χ2n) is 6.35. The van der Waals surface area contributed by atoms with Crippen molar-refractivity contribution >= 4 is 17.7 Å². The molecular formula is C22H21NO6S. The predicted octanol–water partition coefficient (Wildman–Crippen LogP) is 3.74. The number of carbonyl (C=O) groups is 1. The largest absolute Gasteiger partial charge is 0.502 e. The summed E-state index contributed by atoms with van der Waals surface area (Å²) in [5.74, 6) is -0.323. The third-order valence-corrected chi connectivity index (χ3v) is 5.52. The van der Waals surface area contributed by atoms with Crippen LogP contribution >= 0.6 is 11.8 Å². The molecule has 0 unspecified atom stereocenters. The molecule has 1 atom stereocenters. The zero-order valence-electron chi connectivity index (χ0n) is 16.5. The van der Waals surface area contributed by atoms with Crippen LogP contribution in [0.1, 0.15) is 29.4 Å². The Bertz CT molecular complexity index is 1070. The van der Waals surface area contributed by atoms with Gasteiger partial charge in [-0.1, -0.05) is 18.2 Å². The van der Waals surface area contributed by atoms with E-state index in [9.17, 15) is 14.7 Å². The van der Waals surface area contributed by atoms with Crippen LogP contribution in [0.4, 0.5) is 0 Å². The maximum Gasteiger partial charge on any atom is 0.306 e. The molecule has 0 fully saturated rings. The summed E-state index contributed by atoms with van der Waals surface area (Å²) in [5, 5.41) is 10.4. The molecular weight excluding hydrogens is 406 g/mol. The van der Waals surface area contributed by atoms with Crippen LogP contribution < -0.4 is 10.2 Å². The van der Waals surface area contributed by atoms with Crippen molar-refractivity contribution in [2.75, 3.05) is 14.2 Å². The highest BCUT2D eigenvalue weighted by molar-refractivity contribution is 7.98. The second-order valence-corrected chi connectivity index (χ2v) is 7.37. The monoisotopic (exact) mass is 427 g/mol. The SMILES string of the molecule is COC(=O)C[C@H](c1cccnc1)c1oc(CSc2ccccc2OC)cc(=O)c1O. The summed E-state index contributed by atoms with van der Waals surface area (Å²) >= 11 is 1.43. The maximum absolute atomic E-state index is 12.4. The standard InChI is InChI=1S/C22H21NO6S/c1-27-18-7-3-4-8-19(18)30-13-15-10-17(24)21(26)22(29-15)16(11-20(25)28-2)14-6-5-9-23-12-14/h3-10,12,16,26H,11,13H2,1-2H3/t16-/m1/s1. The quantitative estimate of drug-likeness (QED) is 0.429. The first-order valence-electron chi connectivity index (χ1n) is 9.12. The minimum absolute atomic E-state index is 0.0107. The molecule has 0 radical (unpaired) electrons. The molecule has 0 aliphatic heterocycles. The van der Waals surface area contributed by atoms with Gasteiger partial charge >= 0.3 is 5.97 Å². The number of esters is 1. The van der Waals surface area contributed by atoms with Crippen molar-refractivity contribution in [1.29, 1.82) is 0 Å². The Hall–Kier alpha value is -3.26. The molecule has 3 aromatic rings. The van der Waals surface area contributed by atoms with Gasteiger partial charge in [-0.05, 0) is 23.8 Å². The van der Waals surface area contributed by atoms with Gasteiger partial charge in [0.15, 0.2) is 5.76 Å². The molecule has 1 aromatic carbocycles. The van der Waals surface area contributed by atoms with Crippen LogP contribution in [0, 0.1) is 0 Å². The van der Waals surface area contributed by atoms with Gasteiger partial charge in [0.2, 0.25) is 11.2 Å². The molecule has 0 saturated carbocycles. The van der Waals surface area contributed by atoms with E-state index in [1.54, 1.807) is 31.6 Å². The zero-order valence-corrected chi connectivity index (χ0v) is 17.3. The summed E-state index contributed by atoms with van der Waals surface area (Å²) in [6, 6.07) is 12.2. The van der Waals surface area contributed by atoms with Crippen molar-refractivity contribution in [3.8, 4) is 11.5 Å². The van der Waals surface area contributed by atoms with Crippen LogP contribution in [-0.4, -0.2) is 30.3 Å². The summed E-state index contributed by atoms with van der Waals surface area (Å²) < 4.78 is 16.0. The number of aromatic nitrogens is 1. The predicted molar refractivity (Wildman–Crippen MR) is 112 cm³/mol. The minimum atomic E-state index is -0.713. The smallest absolute Gasteiger partial charge is 0.306 e. The number of aromatic hydroxyl groups is 1. The van der Waals surface area contributed by atoms with Gasteiger partial charge in [0.1, 0.15) is 11.5 Å². The molecule has 0 bridgehead atoms. The summed E-state index contributed by atoms with van der Waals surface area (Å²) in [6.07, 6.45) is 3.04. The third-order valence-electron chi connectivity index (χ3n) is 4.44. The van der Waals surface area contributed by atoms with E-state index in [1.807, 2.05) is 24.3 Å². The van der Waals surface area contributed by atoms with Gasteiger partial charge in [0.05, 0.1) is 32.3 Å². The lowest BCUT2D eigenvalue weighted by atomic mass is 9.93. The number of para-hydroxylation sites is 1. The molecule has 2 heterocycles. The van der Waals surface area contributed by atoms with Crippen LogP contribution in [0.15, 0.2) is 69.0 Å². The van der Waals surface area contributed by atoms with Gasteiger partial charge in [-0.2, -0.15) is 0 Å². The van der Waals surface area contributed by atoms with Gasteiger partial charge < -0.3 is 19.0 Å². The van der Waals surface area contributed by atoms with Crippen molar-refractivity contribution in [3.05, 3.63) is 82.2 Å². The molecule has 3 rings (SSSR count). The average molecular weight is 427 g/mol. The van der Waals surface area contributed by atoms with Gasteiger partial charge in [-0.25, -0.2) is 0 Å². The van der Waals surface area contributed by atoms with Crippen molar-refractivity contribution < 1.29 is 23.8 Å². The average Bonchev–Trinajstić information content (AvgIpc) is 2.78. The number of methoxy groups -OCH3 is 2.